The van der Waals surface area contributed by atoms with Crippen molar-refractivity contribution in [3.05, 3.63) is 33.8 Å². The van der Waals surface area contributed by atoms with E-state index >= 15 is 0 Å². The van der Waals surface area contributed by atoms with Gasteiger partial charge >= 0.3 is 5.97 Å². The first-order valence-electron chi connectivity index (χ1n) is 6.59. The number of aromatic nitrogens is 3. The van der Waals surface area contributed by atoms with Crippen molar-refractivity contribution in [3.63, 3.8) is 0 Å². The number of hydrogen-bond donors (Lipinski definition) is 2. The monoisotopic (exact) mass is 290 g/mol. The normalized spacial score (nSPS) is 12.2. The highest BCUT2D eigenvalue weighted by atomic mass is 16.5. The molecule has 7 nitrogen and oxygen atoms in total. The third-order valence-electron chi connectivity index (χ3n) is 3.54. The molecule has 0 fully saturated rings. The lowest BCUT2D eigenvalue weighted by Gasteiger charge is -2.17. The smallest absolute Gasteiger partial charge is 0.339 e. The molecule has 0 aliphatic carbocycles. The van der Waals surface area contributed by atoms with Crippen molar-refractivity contribution in [2.45, 2.75) is 40.7 Å². The zero-order valence-corrected chi connectivity index (χ0v) is 12.7. The van der Waals surface area contributed by atoms with Gasteiger partial charge in [0.05, 0.1) is 17.4 Å². The molecule has 2 aromatic heterocycles. The van der Waals surface area contributed by atoms with Gasteiger partial charge in [-0.15, -0.1) is 5.10 Å². The quantitative estimate of drug-likeness (QED) is 0.892. The highest BCUT2D eigenvalue weighted by molar-refractivity contribution is 5.94. The van der Waals surface area contributed by atoms with Crippen LogP contribution in [0.3, 0.4) is 0 Å². The fourth-order valence-electron chi connectivity index (χ4n) is 2.36. The number of nitrogens with one attached hydrogen (secondary N) is 1. The van der Waals surface area contributed by atoms with E-state index in [2.05, 4.69) is 20.7 Å². The number of carboxylic acid groups (broad SMARTS) is 1. The molecule has 0 aliphatic heterocycles. The number of anilines is 1. The van der Waals surface area contributed by atoms with E-state index in [0.29, 0.717) is 17.0 Å². The SMILES string of the molecule is Cc1nnc(NC(C)c2c(C)noc2C)c(C(=O)O)c1C. The van der Waals surface area contributed by atoms with Crippen molar-refractivity contribution in [1.82, 2.24) is 15.4 Å². The number of aromatic carboxylic acids is 1. The van der Waals surface area contributed by atoms with Gasteiger partial charge in [0, 0.05) is 5.56 Å². The summed E-state index contributed by atoms with van der Waals surface area (Å²) in [5.41, 5.74) is 3.00. The predicted molar refractivity (Wildman–Crippen MR) is 76.5 cm³/mol. The molecule has 2 N–H and O–H groups in total. The fraction of sp³-hybridized carbons (Fsp3) is 0.429. The third kappa shape index (κ3) is 2.72. The van der Waals surface area contributed by atoms with E-state index in [4.69, 9.17) is 4.52 Å². The molecule has 1 unspecified atom stereocenters. The molecule has 0 saturated heterocycles. The first kappa shape index (κ1) is 15.0. The number of rotatable bonds is 4. The Bertz CT molecular complexity index is 674. The second-order valence-electron chi connectivity index (χ2n) is 5.04. The molecule has 7 heteroatoms. The van der Waals surface area contributed by atoms with E-state index in [9.17, 15) is 9.90 Å². The summed E-state index contributed by atoms with van der Waals surface area (Å²) in [7, 11) is 0. The summed E-state index contributed by atoms with van der Waals surface area (Å²) in [6, 6.07) is -0.189. The molecule has 21 heavy (non-hydrogen) atoms. The van der Waals surface area contributed by atoms with Gasteiger partial charge in [-0.1, -0.05) is 5.16 Å². The topological polar surface area (TPSA) is 101 Å². The van der Waals surface area contributed by atoms with Gasteiger partial charge in [0.15, 0.2) is 5.82 Å². The van der Waals surface area contributed by atoms with E-state index in [-0.39, 0.29) is 17.4 Å². The Kier molecular flexibility index (Phi) is 3.93. The minimum atomic E-state index is -1.03. The summed E-state index contributed by atoms with van der Waals surface area (Å²) < 4.78 is 5.13. The van der Waals surface area contributed by atoms with Crippen LogP contribution in [-0.2, 0) is 0 Å². The second kappa shape index (κ2) is 5.51. The van der Waals surface area contributed by atoms with Gasteiger partial charge in [0.2, 0.25) is 0 Å². The van der Waals surface area contributed by atoms with Crippen LogP contribution >= 0.6 is 0 Å². The van der Waals surface area contributed by atoms with Crippen LogP contribution in [0, 0.1) is 27.7 Å². The van der Waals surface area contributed by atoms with E-state index < -0.39 is 5.97 Å². The van der Waals surface area contributed by atoms with Gasteiger partial charge in [-0.05, 0) is 40.2 Å². The lowest BCUT2D eigenvalue weighted by molar-refractivity contribution is 0.0696. The maximum atomic E-state index is 11.5. The first-order valence-corrected chi connectivity index (χ1v) is 6.59. The van der Waals surface area contributed by atoms with Gasteiger partial charge in [-0.3, -0.25) is 0 Å². The zero-order valence-electron chi connectivity index (χ0n) is 12.7. The summed E-state index contributed by atoms with van der Waals surface area (Å²) in [4.78, 5) is 11.5. The molecule has 0 radical (unpaired) electrons. The Balaban J connectivity index is 2.40. The third-order valence-corrected chi connectivity index (χ3v) is 3.54. The van der Waals surface area contributed by atoms with E-state index in [1.165, 1.54) is 0 Å². The molecule has 2 rings (SSSR count). The minimum Gasteiger partial charge on any atom is -0.478 e. The minimum absolute atomic E-state index is 0.140. The molecule has 0 amide bonds. The predicted octanol–water partition coefficient (Wildman–Crippen LogP) is 2.57. The molecule has 0 spiro atoms. The lowest BCUT2D eigenvalue weighted by atomic mass is 10.1. The number of aryl methyl sites for hydroxylation is 3. The molecule has 0 saturated carbocycles. The molecule has 2 aromatic rings. The standard InChI is InChI=1S/C14H18N4O3/c1-6-7(2)16-17-13(11(6)14(19)20)15-8(3)12-9(4)18-21-10(12)5/h8H,1-5H3,(H,15,17)(H,19,20). The summed E-state index contributed by atoms with van der Waals surface area (Å²) >= 11 is 0. The summed E-state index contributed by atoms with van der Waals surface area (Å²) in [6.45, 7) is 9.01. The highest BCUT2D eigenvalue weighted by Gasteiger charge is 2.22. The van der Waals surface area contributed by atoms with Crippen molar-refractivity contribution in [2.24, 2.45) is 0 Å². The van der Waals surface area contributed by atoms with Gasteiger partial charge in [-0.2, -0.15) is 5.10 Å². The summed E-state index contributed by atoms with van der Waals surface area (Å²) in [5, 5.41) is 24.3. The fourth-order valence-corrected chi connectivity index (χ4v) is 2.36. The summed E-state index contributed by atoms with van der Waals surface area (Å²) in [5.74, 6) is -0.0850. The Morgan fingerprint density at radius 2 is 1.86 bits per heavy atom. The van der Waals surface area contributed by atoms with Crippen molar-refractivity contribution >= 4 is 11.8 Å². The number of hydrogen-bond acceptors (Lipinski definition) is 6. The van der Waals surface area contributed by atoms with Gasteiger partial charge in [-0.25, -0.2) is 4.79 Å². The Morgan fingerprint density at radius 3 is 2.38 bits per heavy atom. The average molecular weight is 290 g/mol. The van der Waals surface area contributed by atoms with Crippen LogP contribution in [-0.4, -0.2) is 26.4 Å². The van der Waals surface area contributed by atoms with Crippen molar-refractivity contribution in [2.75, 3.05) is 5.32 Å². The molecular weight excluding hydrogens is 272 g/mol. The van der Waals surface area contributed by atoms with Crippen LogP contribution in [0.4, 0.5) is 5.82 Å². The molecular formula is C14H18N4O3. The summed E-state index contributed by atoms with van der Waals surface area (Å²) in [6.07, 6.45) is 0. The first-order chi connectivity index (χ1) is 9.82. The maximum Gasteiger partial charge on any atom is 0.339 e. The number of carboxylic acids is 1. The van der Waals surface area contributed by atoms with Crippen molar-refractivity contribution in [3.8, 4) is 0 Å². The van der Waals surface area contributed by atoms with Crippen LogP contribution < -0.4 is 5.32 Å². The number of carbonyl (C=O) groups is 1. The van der Waals surface area contributed by atoms with E-state index in [1.807, 2.05) is 20.8 Å². The number of nitrogens with zero attached hydrogens (tertiary/aromatic N) is 3. The molecule has 0 bridgehead atoms. The Morgan fingerprint density at radius 1 is 1.19 bits per heavy atom. The largest absolute Gasteiger partial charge is 0.478 e. The van der Waals surface area contributed by atoms with Crippen LogP contribution in [0.15, 0.2) is 4.52 Å². The Hall–Kier alpha value is -2.44. The van der Waals surface area contributed by atoms with Crippen molar-refractivity contribution < 1.29 is 14.4 Å². The molecule has 2 heterocycles. The average Bonchev–Trinajstić information content (AvgIpc) is 2.73. The highest BCUT2D eigenvalue weighted by Crippen LogP contribution is 2.27. The van der Waals surface area contributed by atoms with Gasteiger partial charge in [0.25, 0.3) is 0 Å². The zero-order chi connectivity index (χ0) is 15.7. The van der Waals surface area contributed by atoms with Gasteiger partial charge in [0.1, 0.15) is 11.3 Å². The Labute approximate surface area is 122 Å². The van der Waals surface area contributed by atoms with E-state index in [0.717, 1.165) is 11.3 Å². The molecule has 0 aliphatic rings. The van der Waals surface area contributed by atoms with Crippen LogP contribution in [0.2, 0.25) is 0 Å². The van der Waals surface area contributed by atoms with Gasteiger partial charge < -0.3 is 14.9 Å². The lowest BCUT2D eigenvalue weighted by Crippen LogP contribution is -2.16. The maximum absolute atomic E-state index is 11.5. The second-order valence-corrected chi connectivity index (χ2v) is 5.04. The molecule has 1 atom stereocenters. The molecule has 112 valence electrons. The van der Waals surface area contributed by atoms with E-state index in [1.54, 1.807) is 13.8 Å². The van der Waals surface area contributed by atoms with Crippen molar-refractivity contribution in [1.29, 1.82) is 0 Å². The molecule has 0 aromatic carbocycles. The van der Waals surface area contributed by atoms with Crippen LogP contribution in [0.25, 0.3) is 0 Å². The van der Waals surface area contributed by atoms with Crippen LogP contribution in [0.5, 0.6) is 0 Å². The van der Waals surface area contributed by atoms with Crippen LogP contribution in [0.1, 0.15) is 51.6 Å².